The first-order chi connectivity index (χ1) is 11.4. The van der Waals surface area contributed by atoms with Gasteiger partial charge < -0.3 is 4.74 Å². The number of carbonyl (C=O) groups is 3. The molecule has 0 spiro atoms. The topological polar surface area (TPSA) is 63.7 Å². The van der Waals surface area contributed by atoms with E-state index in [1.54, 1.807) is 24.3 Å². The molecule has 0 radical (unpaired) electrons. The number of rotatable bonds is 3. The van der Waals surface area contributed by atoms with Crippen LogP contribution in [0.3, 0.4) is 0 Å². The maximum absolute atomic E-state index is 12.5. The fraction of sp³-hybridized carbons (Fsp3) is 0.211. The van der Waals surface area contributed by atoms with E-state index in [0.717, 1.165) is 16.0 Å². The van der Waals surface area contributed by atoms with Crippen molar-refractivity contribution < 1.29 is 19.1 Å². The lowest BCUT2D eigenvalue weighted by atomic mass is 10.1. The van der Waals surface area contributed by atoms with Gasteiger partial charge in [0.2, 0.25) is 0 Å². The van der Waals surface area contributed by atoms with Gasteiger partial charge in [0.05, 0.1) is 11.1 Å². The van der Waals surface area contributed by atoms with Gasteiger partial charge in [0.1, 0.15) is 11.8 Å². The quantitative estimate of drug-likeness (QED) is 0.495. The Labute approximate surface area is 139 Å². The zero-order chi connectivity index (χ0) is 17.4. The van der Waals surface area contributed by atoms with Crippen molar-refractivity contribution in [3.8, 4) is 5.75 Å². The average Bonchev–Trinajstić information content (AvgIpc) is 2.82. The molecule has 0 saturated heterocycles. The third-order valence-electron chi connectivity index (χ3n) is 4.17. The Balaban J connectivity index is 1.85. The van der Waals surface area contributed by atoms with Crippen LogP contribution in [0, 0.1) is 13.8 Å². The van der Waals surface area contributed by atoms with Crippen molar-refractivity contribution in [2.45, 2.75) is 26.8 Å². The molecule has 0 aromatic heterocycles. The second-order valence-electron chi connectivity index (χ2n) is 5.84. The van der Waals surface area contributed by atoms with Gasteiger partial charge in [0.25, 0.3) is 11.8 Å². The normalized spacial score (nSPS) is 14.5. The first kappa shape index (κ1) is 15.9. The summed E-state index contributed by atoms with van der Waals surface area (Å²) in [6, 6.07) is 11.1. The number of imide groups is 1. The molecule has 0 N–H and O–H groups in total. The summed E-state index contributed by atoms with van der Waals surface area (Å²) in [5.74, 6) is -1.11. The van der Waals surface area contributed by atoms with Crippen LogP contribution in [0.4, 0.5) is 0 Å². The van der Waals surface area contributed by atoms with Crippen LogP contribution in [-0.4, -0.2) is 28.7 Å². The molecule has 1 atom stereocenters. The standard InChI is InChI=1S/C19H17NO4/c1-11-7-6-8-12(2)16(11)24-19(23)13(3)20-17(21)14-9-4-5-10-15(14)18(20)22/h4-10,13H,1-3H3/t13-/m1/s1. The van der Waals surface area contributed by atoms with Crippen molar-refractivity contribution in [2.24, 2.45) is 0 Å². The van der Waals surface area contributed by atoms with Crippen molar-refractivity contribution in [3.63, 3.8) is 0 Å². The van der Waals surface area contributed by atoms with Gasteiger partial charge in [-0.15, -0.1) is 0 Å². The van der Waals surface area contributed by atoms with Crippen molar-refractivity contribution in [1.82, 2.24) is 4.90 Å². The minimum Gasteiger partial charge on any atom is -0.424 e. The van der Waals surface area contributed by atoms with Gasteiger partial charge in [-0.2, -0.15) is 0 Å². The highest BCUT2D eigenvalue weighted by atomic mass is 16.5. The number of aryl methyl sites for hydroxylation is 2. The molecule has 5 heteroatoms. The summed E-state index contributed by atoms with van der Waals surface area (Å²) < 4.78 is 5.46. The van der Waals surface area contributed by atoms with Gasteiger partial charge in [0, 0.05) is 0 Å². The molecule has 122 valence electrons. The zero-order valence-electron chi connectivity index (χ0n) is 13.7. The zero-order valence-corrected chi connectivity index (χ0v) is 13.7. The number of hydrogen-bond donors (Lipinski definition) is 0. The first-order valence-corrected chi connectivity index (χ1v) is 7.66. The van der Waals surface area contributed by atoms with Gasteiger partial charge in [0.15, 0.2) is 0 Å². The van der Waals surface area contributed by atoms with E-state index in [-0.39, 0.29) is 0 Å². The van der Waals surface area contributed by atoms with Gasteiger partial charge >= 0.3 is 5.97 Å². The van der Waals surface area contributed by atoms with E-state index in [1.165, 1.54) is 6.92 Å². The van der Waals surface area contributed by atoms with E-state index in [1.807, 2.05) is 32.0 Å². The molecular weight excluding hydrogens is 306 g/mol. The van der Waals surface area contributed by atoms with Crippen LogP contribution in [0.2, 0.25) is 0 Å². The van der Waals surface area contributed by atoms with Crippen LogP contribution in [0.1, 0.15) is 38.8 Å². The van der Waals surface area contributed by atoms with Gasteiger partial charge in [-0.3, -0.25) is 14.5 Å². The Hall–Kier alpha value is -2.95. The fourth-order valence-electron chi connectivity index (χ4n) is 2.81. The molecule has 2 amide bonds. The van der Waals surface area contributed by atoms with Crippen LogP contribution >= 0.6 is 0 Å². The van der Waals surface area contributed by atoms with E-state index in [9.17, 15) is 14.4 Å². The summed E-state index contributed by atoms with van der Waals surface area (Å²) in [5.41, 5.74) is 2.26. The molecule has 3 rings (SSSR count). The monoisotopic (exact) mass is 323 g/mol. The van der Waals surface area contributed by atoms with Gasteiger partial charge in [-0.05, 0) is 44.0 Å². The van der Waals surface area contributed by atoms with Crippen LogP contribution in [0.25, 0.3) is 0 Å². The second-order valence-corrected chi connectivity index (χ2v) is 5.84. The lowest BCUT2D eigenvalue weighted by Crippen LogP contribution is -2.44. The number of esters is 1. The van der Waals surface area contributed by atoms with Crippen molar-refractivity contribution in [2.75, 3.05) is 0 Å². The summed E-state index contributed by atoms with van der Waals surface area (Å²) in [6.07, 6.45) is 0. The van der Waals surface area contributed by atoms with E-state index < -0.39 is 23.8 Å². The largest absolute Gasteiger partial charge is 0.424 e. The molecule has 0 unspecified atom stereocenters. The molecule has 0 fully saturated rings. The number of benzene rings is 2. The highest BCUT2D eigenvalue weighted by Crippen LogP contribution is 2.27. The molecule has 0 bridgehead atoms. The Morgan fingerprint density at radius 2 is 1.42 bits per heavy atom. The van der Waals surface area contributed by atoms with Gasteiger partial charge in [-0.1, -0.05) is 30.3 Å². The number of carbonyl (C=O) groups excluding carboxylic acids is 3. The fourth-order valence-corrected chi connectivity index (χ4v) is 2.81. The molecule has 1 aliphatic rings. The lowest BCUT2D eigenvalue weighted by molar-refractivity contribution is -0.138. The molecule has 2 aromatic rings. The maximum atomic E-state index is 12.5. The average molecular weight is 323 g/mol. The molecular formula is C19H17NO4. The molecule has 5 nitrogen and oxygen atoms in total. The van der Waals surface area contributed by atoms with E-state index in [0.29, 0.717) is 16.9 Å². The molecule has 1 aliphatic heterocycles. The number of hydrogen-bond acceptors (Lipinski definition) is 4. The van der Waals surface area contributed by atoms with Gasteiger partial charge in [-0.25, -0.2) is 4.79 Å². The molecule has 2 aromatic carbocycles. The highest BCUT2D eigenvalue weighted by molar-refractivity contribution is 6.22. The summed E-state index contributed by atoms with van der Waals surface area (Å²) in [5, 5.41) is 0. The maximum Gasteiger partial charge on any atom is 0.334 e. The predicted molar refractivity (Wildman–Crippen MR) is 88.0 cm³/mol. The Morgan fingerprint density at radius 1 is 0.917 bits per heavy atom. The predicted octanol–water partition coefficient (Wildman–Crippen LogP) is 2.89. The molecule has 1 heterocycles. The lowest BCUT2D eigenvalue weighted by Gasteiger charge is -2.21. The van der Waals surface area contributed by atoms with E-state index in [4.69, 9.17) is 4.74 Å². The number of para-hydroxylation sites is 1. The third-order valence-corrected chi connectivity index (χ3v) is 4.17. The Bertz CT molecular complexity index is 801. The van der Waals surface area contributed by atoms with Crippen LogP contribution in [-0.2, 0) is 4.79 Å². The minimum atomic E-state index is -1.00. The number of amides is 2. The van der Waals surface area contributed by atoms with Crippen molar-refractivity contribution >= 4 is 17.8 Å². The number of fused-ring (bicyclic) bond motifs is 1. The molecule has 24 heavy (non-hydrogen) atoms. The van der Waals surface area contributed by atoms with Crippen molar-refractivity contribution in [3.05, 3.63) is 64.7 Å². The molecule has 0 aliphatic carbocycles. The van der Waals surface area contributed by atoms with Crippen LogP contribution in [0.5, 0.6) is 5.75 Å². The number of ether oxygens (including phenoxy) is 1. The Kier molecular flexibility index (Phi) is 3.93. The summed E-state index contributed by atoms with van der Waals surface area (Å²) in [6.45, 7) is 5.17. The SMILES string of the molecule is Cc1cccc(C)c1OC(=O)[C@@H](C)N1C(=O)c2ccccc2C1=O. The van der Waals surface area contributed by atoms with E-state index in [2.05, 4.69) is 0 Å². The second kappa shape index (κ2) is 5.92. The van der Waals surface area contributed by atoms with Crippen molar-refractivity contribution in [1.29, 1.82) is 0 Å². The van der Waals surface area contributed by atoms with E-state index >= 15 is 0 Å². The molecule has 0 saturated carbocycles. The first-order valence-electron chi connectivity index (χ1n) is 7.66. The van der Waals surface area contributed by atoms with Crippen LogP contribution in [0.15, 0.2) is 42.5 Å². The third kappa shape index (κ3) is 2.48. The minimum absolute atomic E-state index is 0.314. The number of nitrogens with zero attached hydrogens (tertiary/aromatic N) is 1. The summed E-state index contributed by atoms with van der Waals surface area (Å²) in [4.78, 5) is 38.3. The summed E-state index contributed by atoms with van der Waals surface area (Å²) >= 11 is 0. The highest BCUT2D eigenvalue weighted by Gasteiger charge is 2.41. The smallest absolute Gasteiger partial charge is 0.334 e. The summed E-state index contributed by atoms with van der Waals surface area (Å²) in [7, 11) is 0. The van der Waals surface area contributed by atoms with Crippen LogP contribution < -0.4 is 4.74 Å². The Morgan fingerprint density at radius 3 is 1.92 bits per heavy atom.